The number of likely N-dealkylation sites (tertiary alicyclic amines) is 1. The van der Waals surface area contributed by atoms with Crippen molar-refractivity contribution in [2.45, 2.75) is 57.4 Å². The zero-order valence-corrected chi connectivity index (χ0v) is 25.7. The number of aliphatic hydroxyl groups is 1. The van der Waals surface area contributed by atoms with Crippen molar-refractivity contribution in [3.63, 3.8) is 0 Å². The Morgan fingerprint density at radius 1 is 0.953 bits per heavy atom. The molecule has 1 spiro atoms. The number of fused-ring (bicyclic) bond motifs is 2. The van der Waals surface area contributed by atoms with Gasteiger partial charge in [-0.05, 0) is 43.5 Å². The van der Waals surface area contributed by atoms with Gasteiger partial charge in [-0.1, -0.05) is 86.5 Å². The second-order valence-electron chi connectivity index (χ2n) is 12.3. The lowest BCUT2D eigenvalue weighted by molar-refractivity contribution is -0.149. The van der Waals surface area contributed by atoms with Gasteiger partial charge >= 0.3 is 0 Å². The average molecular weight is 604 g/mol. The van der Waals surface area contributed by atoms with Crippen molar-refractivity contribution in [3.8, 4) is 0 Å². The maximum atomic E-state index is 14.9. The van der Waals surface area contributed by atoms with Gasteiger partial charge in [0.15, 0.2) is 0 Å². The van der Waals surface area contributed by atoms with Gasteiger partial charge in [-0.2, -0.15) is 0 Å². The van der Waals surface area contributed by atoms with Crippen LogP contribution in [-0.2, 0) is 19.1 Å². The first kappa shape index (κ1) is 29.6. The molecule has 8 nitrogen and oxygen atoms in total. The molecule has 4 aliphatic heterocycles. The Bertz CT molecular complexity index is 1490. The normalized spacial score (nSPS) is 31.4. The van der Waals surface area contributed by atoms with Crippen molar-refractivity contribution < 1.29 is 24.2 Å². The predicted molar refractivity (Wildman–Crippen MR) is 166 cm³/mol. The van der Waals surface area contributed by atoms with Crippen LogP contribution in [0.15, 0.2) is 72.8 Å². The number of aliphatic hydroxyl groups excluding tert-OH is 1. The minimum Gasteiger partial charge on any atom is -0.394 e. The molecule has 9 heteroatoms. The van der Waals surface area contributed by atoms with E-state index in [0.717, 1.165) is 11.3 Å². The van der Waals surface area contributed by atoms with Crippen LogP contribution in [0.5, 0.6) is 0 Å². The molecule has 43 heavy (non-hydrogen) atoms. The van der Waals surface area contributed by atoms with E-state index >= 15 is 0 Å². The van der Waals surface area contributed by atoms with Crippen LogP contribution < -0.4 is 9.80 Å². The molecule has 0 aromatic heterocycles. The Morgan fingerprint density at radius 2 is 1.65 bits per heavy atom. The van der Waals surface area contributed by atoms with Crippen LogP contribution in [0.2, 0.25) is 5.02 Å². The van der Waals surface area contributed by atoms with E-state index in [4.69, 9.17) is 16.3 Å². The third kappa shape index (κ3) is 4.37. The lowest BCUT2D eigenvalue weighted by Gasteiger charge is -2.41. The summed E-state index contributed by atoms with van der Waals surface area (Å²) >= 11 is 6.67. The standard InChI is InChI=1S/C34H38ClN3O5/c1-5-21(2)25(20-39)38-29-32(42)37(28-22(3)12-9-15-24(28)35)19-11-17-34(29)27(31(38)41)26-30(40)36(23-13-7-6-8-14-23)18-10-16-33(26,4)43-34/h6-17,21,25-27,29,39H,5,18-20H2,1-4H3/t21-,25-,26-,27-,29?,33+,34-/m0/s1. The average Bonchev–Trinajstić information content (AvgIpc) is 3.26. The van der Waals surface area contributed by atoms with Crippen LogP contribution >= 0.6 is 11.6 Å². The number of ether oxygens (including phenoxy) is 1. The van der Waals surface area contributed by atoms with Gasteiger partial charge in [-0.3, -0.25) is 14.4 Å². The minimum atomic E-state index is -1.43. The molecular formula is C34H38ClN3O5. The first-order chi connectivity index (χ1) is 20.6. The number of amides is 3. The van der Waals surface area contributed by atoms with Gasteiger partial charge in [0.25, 0.3) is 5.91 Å². The maximum Gasteiger partial charge on any atom is 0.253 e. The third-order valence-corrected chi connectivity index (χ3v) is 10.2. The van der Waals surface area contributed by atoms with Crippen molar-refractivity contribution in [1.29, 1.82) is 0 Å². The number of benzene rings is 2. The Morgan fingerprint density at radius 3 is 2.33 bits per heavy atom. The molecular weight excluding hydrogens is 566 g/mol. The molecule has 3 amide bonds. The second kappa shape index (κ2) is 10.9. The first-order valence-corrected chi connectivity index (χ1v) is 15.4. The fourth-order valence-corrected chi connectivity index (χ4v) is 7.96. The Labute approximate surface area is 257 Å². The van der Waals surface area contributed by atoms with Crippen LogP contribution in [0.25, 0.3) is 0 Å². The summed E-state index contributed by atoms with van der Waals surface area (Å²) in [4.78, 5) is 49.0. The highest BCUT2D eigenvalue weighted by Crippen LogP contribution is 2.58. The van der Waals surface area contributed by atoms with E-state index in [1.165, 1.54) is 4.90 Å². The first-order valence-electron chi connectivity index (χ1n) is 15.0. The Hall–Kier alpha value is -3.46. The molecule has 6 rings (SSSR count). The Balaban J connectivity index is 1.53. The second-order valence-corrected chi connectivity index (χ2v) is 12.7. The highest BCUT2D eigenvalue weighted by atomic mass is 35.5. The number of hydrogen-bond acceptors (Lipinski definition) is 5. The predicted octanol–water partition coefficient (Wildman–Crippen LogP) is 4.53. The van der Waals surface area contributed by atoms with Crippen LogP contribution in [0, 0.1) is 24.7 Å². The number of hydrogen-bond donors (Lipinski definition) is 1. The van der Waals surface area contributed by atoms with Crippen molar-refractivity contribution in [2.24, 2.45) is 17.8 Å². The molecule has 1 unspecified atom stereocenters. The topological polar surface area (TPSA) is 90.4 Å². The number of rotatable bonds is 6. The zero-order chi connectivity index (χ0) is 30.7. The number of para-hydroxylation sites is 2. The number of halogens is 1. The molecule has 7 atom stereocenters. The smallest absolute Gasteiger partial charge is 0.253 e. The monoisotopic (exact) mass is 603 g/mol. The third-order valence-electron chi connectivity index (χ3n) is 9.87. The number of carbonyl (C=O) groups excluding carboxylic acids is 3. The van der Waals surface area contributed by atoms with E-state index in [-0.39, 0.29) is 36.8 Å². The maximum absolute atomic E-state index is 14.9. The molecule has 0 radical (unpaired) electrons. The molecule has 4 heterocycles. The molecule has 0 saturated carbocycles. The largest absolute Gasteiger partial charge is 0.394 e. The fourth-order valence-electron chi connectivity index (χ4n) is 7.64. The molecule has 2 aromatic rings. The number of anilines is 2. The van der Waals surface area contributed by atoms with E-state index in [1.54, 1.807) is 15.9 Å². The lowest BCUT2D eigenvalue weighted by Crippen LogP contribution is -2.60. The molecule has 0 bridgehead atoms. The van der Waals surface area contributed by atoms with Crippen molar-refractivity contribution >= 4 is 40.7 Å². The summed E-state index contributed by atoms with van der Waals surface area (Å²) in [5, 5.41) is 11.1. The molecule has 0 aliphatic carbocycles. The molecule has 226 valence electrons. The van der Waals surface area contributed by atoms with Crippen LogP contribution in [0.4, 0.5) is 11.4 Å². The van der Waals surface area contributed by atoms with Crippen LogP contribution in [0.1, 0.15) is 32.8 Å². The summed E-state index contributed by atoms with van der Waals surface area (Å²) in [6.45, 7) is 7.90. The summed E-state index contributed by atoms with van der Waals surface area (Å²) in [5.41, 5.74) is -0.462. The molecule has 2 fully saturated rings. The minimum absolute atomic E-state index is 0.114. The van der Waals surface area contributed by atoms with Gasteiger partial charge in [0.2, 0.25) is 11.8 Å². The molecule has 2 saturated heterocycles. The summed E-state index contributed by atoms with van der Waals surface area (Å²) in [7, 11) is 0. The summed E-state index contributed by atoms with van der Waals surface area (Å²) in [5.74, 6) is -2.93. The van der Waals surface area contributed by atoms with E-state index in [9.17, 15) is 19.5 Å². The molecule has 1 N–H and O–H groups in total. The van der Waals surface area contributed by atoms with E-state index < -0.39 is 35.1 Å². The number of carbonyl (C=O) groups is 3. The quantitative estimate of drug-likeness (QED) is 0.490. The van der Waals surface area contributed by atoms with E-state index in [0.29, 0.717) is 23.7 Å². The summed E-state index contributed by atoms with van der Waals surface area (Å²) < 4.78 is 6.96. The lowest BCUT2D eigenvalue weighted by atomic mass is 9.74. The van der Waals surface area contributed by atoms with Crippen LogP contribution in [0.3, 0.4) is 0 Å². The summed E-state index contributed by atoms with van der Waals surface area (Å²) in [6.07, 6.45) is 8.12. The molecule has 4 aliphatic rings. The number of nitrogens with zero attached hydrogens (tertiary/aromatic N) is 3. The van der Waals surface area contributed by atoms with E-state index in [1.807, 2.05) is 94.5 Å². The van der Waals surface area contributed by atoms with Crippen molar-refractivity contribution in [3.05, 3.63) is 83.4 Å². The van der Waals surface area contributed by atoms with Gasteiger partial charge in [0, 0.05) is 18.8 Å². The SMILES string of the molecule is CC[C@H](C)[C@H](CO)N1C(=O)[C@@H]2[C@H]3C(=O)N(c4ccccc4)CC=C[C@@]3(C)O[C@@]23C=CCN(c2c(C)cccc2Cl)C(=O)C13. The number of aryl methyl sites for hydroxylation is 1. The Kier molecular flexibility index (Phi) is 7.51. The van der Waals surface area contributed by atoms with Crippen molar-refractivity contribution in [2.75, 3.05) is 29.5 Å². The van der Waals surface area contributed by atoms with Crippen LogP contribution in [-0.4, -0.2) is 70.7 Å². The van der Waals surface area contributed by atoms with E-state index in [2.05, 4.69) is 0 Å². The zero-order valence-electron chi connectivity index (χ0n) is 24.9. The van der Waals surface area contributed by atoms with Gasteiger partial charge in [-0.15, -0.1) is 0 Å². The van der Waals surface area contributed by atoms with Gasteiger partial charge in [0.05, 0.1) is 40.8 Å². The van der Waals surface area contributed by atoms with Gasteiger partial charge < -0.3 is 24.5 Å². The summed E-state index contributed by atoms with van der Waals surface area (Å²) in [6, 6.07) is 13.1. The fraction of sp³-hybridized carbons (Fsp3) is 0.441. The molecule has 2 aromatic carbocycles. The highest BCUT2D eigenvalue weighted by molar-refractivity contribution is 6.34. The van der Waals surface area contributed by atoms with Gasteiger partial charge in [0.1, 0.15) is 11.6 Å². The van der Waals surface area contributed by atoms with Gasteiger partial charge in [-0.25, -0.2) is 0 Å². The highest BCUT2D eigenvalue weighted by Gasteiger charge is 2.75. The van der Waals surface area contributed by atoms with Crippen molar-refractivity contribution in [1.82, 2.24) is 4.90 Å².